The van der Waals surface area contributed by atoms with E-state index in [1.165, 1.54) is 6.20 Å². The number of carbonyl (C=O) groups excluding carboxylic acids is 1. The molecule has 0 radical (unpaired) electrons. The summed E-state index contributed by atoms with van der Waals surface area (Å²) >= 11 is 5.93. The minimum atomic E-state index is -0.273. The molecule has 0 atom stereocenters. The molecule has 2 aromatic rings. The number of aromatic nitrogens is 2. The number of amides is 1. The quantitative estimate of drug-likeness (QED) is 0.889. The Kier molecular flexibility index (Phi) is 3.15. The van der Waals surface area contributed by atoms with Gasteiger partial charge in [-0.15, -0.1) is 0 Å². The van der Waals surface area contributed by atoms with E-state index in [1.54, 1.807) is 16.9 Å². The molecule has 2 aromatic heterocycles. The molecule has 1 amide bonds. The monoisotopic (exact) mass is 249 g/mol. The van der Waals surface area contributed by atoms with Gasteiger partial charge in [0.1, 0.15) is 0 Å². The lowest BCUT2D eigenvalue weighted by atomic mass is 10.3. The first-order valence-corrected chi connectivity index (χ1v) is 5.53. The van der Waals surface area contributed by atoms with E-state index in [0.29, 0.717) is 10.6 Å². The Morgan fingerprint density at radius 3 is 2.53 bits per heavy atom. The number of carbonyl (C=O) groups is 1. The predicted molar refractivity (Wildman–Crippen MR) is 66.8 cm³/mol. The highest BCUT2D eigenvalue weighted by molar-refractivity contribution is 6.34. The van der Waals surface area contributed by atoms with Crippen LogP contribution in [0.2, 0.25) is 5.02 Å². The second-order valence-electron chi connectivity index (χ2n) is 3.75. The van der Waals surface area contributed by atoms with Gasteiger partial charge in [-0.25, -0.2) is 0 Å². The van der Waals surface area contributed by atoms with Crippen LogP contribution in [0.15, 0.2) is 30.6 Å². The van der Waals surface area contributed by atoms with Crippen molar-refractivity contribution < 1.29 is 4.79 Å². The summed E-state index contributed by atoms with van der Waals surface area (Å²) < 4.78 is 1.71. The van der Waals surface area contributed by atoms with Gasteiger partial charge in [-0.1, -0.05) is 11.6 Å². The van der Waals surface area contributed by atoms with Crippen LogP contribution < -0.4 is 5.43 Å². The maximum absolute atomic E-state index is 12.0. The Labute approximate surface area is 104 Å². The number of nitrogens with one attached hydrogen (secondary N) is 1. The van der Waals surface area contributed by atoms with Crippen molar-refractivity contribution in [3.05, 3.63) is 52.6 Å². The molecular formula is C12H12ClN3O. The van der Waals surface area contributed by atoms with Gasteiger partial charge in [0, 0.05) is 23.8 Å². The van der Waals surface area contributed by atoms with Crippen LogP contribution in [0.4, 0.5) is 0 Å². The number of aryl methyl sites for hydroxylation is 2. The third-order valence-corrected chi connectivity index (χ3v) is 2.83. The first-order valence-electron chi connectivity index (χ1n) is 5.15. The van der Waals surface area contributed by atoms with E-state index >= 15 is 0 Å². The maximum Gasteiger partial charge on any atom is 0.273 e. The van der Waals surface area contributed by atoms with Crippen molar-refractivity contribution in [3.63, 3.8) is 0 Å². The number of hydrogen-bond acceptors (Lipinski definition) is 2. The molecule has 0 spiro atoms. The fraction of sp³-hybridized carbons (Fsp3) is 0.167. The van der Waals surface area contributed by atoms with Crippen LogP contribution in [-0.2, 0) is 0 Å². The summed E-state index contributed by atoms with van der Waals surface area (Å²) in [5.41, 5.74) is 5.04. The number of rotatable bonds is 2. The molecule has 0 saturated heterocycles. The zero-order chi connectivity index (χ0) is 12.4. The average molecular weight is 250 g/mol. The summed E-state index contributed by atoms with van der Waals surface area (Å²) in [6.45, 7) is 3.83. The first kappa shape index (κ1) is 11.7. The summed E-state index contributed by atoms with van der Waals surface area (Å²) in [5, 5.41) is 0.389. The van der Waals surface area contributed by atoms with E-state index in [9.17, 15) is 4.79 Å². The Hall–Kier alpha value is -1.81. The standard InChI is InChI=1S/C12H12ClN3O/c1-8-3-4-9(2)16(8)15-12(17)10-7-14-6-5-11(10)13/h3-7H,1-2H3,(H,15,17). The molecule has 0 bridgehead atoms. The topological polar surface area (TPSA) is 46.9 Å². The lowest BCUT2D eigenvalue weighted by molar-refractivity contribution is 0.101. The highest BCUT2D eigenvalue weighted by atomic mass is 35.5. The molecule has 0 aromatic carbocycles. The van der Waals surface area contributed by atoms with Gasteiger partial charge in [0.15, 0.2) is 0 Å². The highest BCUT2D eigenvalue weighted by Gasteiger charge is 2.11. The van der Waals surface area contributed by atoms with Crippen molar-refractivity contribution in [2.75, 3.05) is 5.43 Å². The largest absolute Gasteiger partial charge is 0.273 e. The van der Waals surface area contributed by atoms with Crippen LogP contribution in [0.3, 0.4) is 0 Å². The maximum atomic E-state index is 12.0. The second kappa shape index (κ2) is 4.59. The Balaban J connectivity index is 2.27. The molecule has 0 saturated carbocycles. The van der Waals surface area contributed by atoms with Gasteiger partial charge in [-0.3, -0.25) is 19.9 Å². The zero-order valence-corrected chi connectivity index (χ0v) is 10.3. The lowest BCUT2D eigenvalue weighted by Gasteiger charge is -2.11. The van der Waals surface area contributed by atoms with Gasteiger partial charge in [0.2, 0.25) is 0 Å². The number of pyridine rings is 1. The van der Waals surface area contributed by atoms with Crippen LogP contribution in [0.5, 0.6) is 0 Å². The summed E-state index contributed by atoms with van der Waals surface area (Å²) in [7, 11) is 0. The minimum absolute atomic E-state index is 0.273. The molecule has 1 N–H and O–H groups in total. The SMILES string of the molecule is Cc1ccc(C)n1NC(=O)c1cnccc1Cl. The predicted octanol–water partition coefficient (Wildman–Crippen LogP) is 2.54. The van der Waals surface area contributed by atoms with Gasteiger partial charge in [-0.05, 0) is 32.0 Å². The average Bonchev–Trinajstić information content (AvgIpc) is 2.61. The Morgan fingerprint density at radius 1 is 1.29 bits per heavy atom. The molecule has 88 valence electrons. The van der Waals surface area contributed by atoms with Crippen LogP contribution >= 0.6 is 11.6 Å². The van der Waals surface area contributed by atoms with Crippen molar-refractivity contribution in [3.8, 4) is 0 Å². The number of hydrogen-bond donors (Lipinski definition) is 1. The molecule has 0 aliphatic rings. The molecular weight excluding hydrogens is 238 g/mol. The molecule has 17 heavy (non-hydrogen) atoms. The second-order valence-corrected chi connectivity index (χ2v) is 4.16. The summed E-state index contributed by atoms with van der Waals surface area (Å²) in [4.78, 5) is 15.9. The normalized spacial score (nSPS) is 10.3. The molecule has 4 nitrogen and oxygen atoms in total. The van der Waals surface area contributed by atoms with E-state index in [0.717, 1.165) is 11.4 Å². The van der Waals surface area contributed by atoms with E-state index in [1.807, 2.05) is 26.0 Å². The summed E-state index contributed by atoms with van der Waals surface area (Å²) in [6.07, 6.45) is 3.00. The molecule has 5 heteroatoms. The van der Waals surface area contributed by atoms with Crippen molar-refractivity contribution in [1.82, 2.24) is 9.66 Å². The van der Waals surface area contributed by atoms with E-state index in [2.05, 4.69) is 10.4 Å². The van der Waals surface area contributed by atoms with Gasteiger partial charge in [0.25, 0.3) is 5.91 Å². The third-order valence-electron chi connectivity index (χ3n) is 2.50. The molecule has 2 rings (SSSR count). The van der Waals surface area contributed by atoms with Crippen molar-refractivity contribution >= 4 is 17.5 Å². The van der Waals surface area contributed by atoms with Crippen molar-refractivity contribution in [2.45, 2.75) is 13.8 Å². The third kappa shape index (κ3) is 2.31. The minimum Gasteiger partial charge on any atom is -0.267 e. The Morgan fingerprint density at radius 2 is 1.94 bits per heavy atom. The number of nitrogens with zero attached hydrogens (tertiary/aromatic N) is 2. The molecule has 2 heterocycles. The fourth-order valence-corrected chi connectivity index (χ4v) is 1.74. The van der Waals surface area contributed by atoms with Crippen LogP contribution in [0.25, 0.3) is 0 Å². The van der Waals surface area contributed by atoms with E-state index in [4.69, 9.17) is 11.6 Å². The van der Waals surface area contributed by atoms with Gasteiger partial charge >= 0.3 is 0 Å². The molecule has 0 aliphatic carbocycles. The Bertz CT molecular complexity index is 543. The van der Waals surface area contributed by atoms with Gasteiger partial charge in [0.05, 0.1) is 10.6 Å². The van der Waals surface area contributed by atoms with Crippen LogP contribution in [-0.4, -0.2) is 15.6 Å². The van der Waals surface area contributed by atoms with Crippen molar-refractivity contribution in [2.24, 2.45) is 0 Å². The van der Waals surface area contributed by atoms with Crippen molar-refractivity contribution in [1.29, 1.82) is 0 Å². The fourth-order valence-electron chi connectivity index (χ4n) is 1.55. The highest BCUT2D eigenvalue weighted by Crippen LogP contribution is 2.14. The lowest BCUT2D eigenvalue weighted by Crippen LogP contribution is -2.25. The zero-order valence-electron chi connectivity index (χ0n) is 9.57. The van der Waals surface area contributed by atoms with E-state index < -0.39 is 0 Å². The smallest absolute Gasteiger partial charge is 0.267 e. The number of halogens is 1. The first-order chi connectivity index (χ1) is 8.09. The van der Waals surface area contributed by atoms with E-state index in [-0.39, 0.29) is 5.91 Å². The molecule has 0 unspecified atom stereocenters. The molecule has 0 fully saturated rings. The summed E-state index contributed by atoms with van der Waals surface area (Å²) in [6, 6.07) is 5.45. The van der Waals surface area contributed by atoms with Crippen LogP contribution in [0, 0.1) is 13.8 Å². The van der Waals surface area contributed by atoms with Gasteiger partial charge < -0.3 is 0 Å². The summed E-state index contributed by atoms with van der Waals surface area (Å²) in [5.74, 6) is -0.273. The molecule has 0 aliphatic heterocycles. The van der Waals surface area contributed by atoms with Gasteiger partial charge in [-0.2, -0.15) is 0 Å². The van der Waals surface area contributed by atoms with Crippen LogP contribution in [0.1, 0.15) is 21.7 Å².